The van der Waals surface area contributed by atoms with E-state index in [1.165, 1.54) is 0 Å². The Labute approximate surface area is 121 Å². The zero-order chi connectivity index (χ0) is 14.0. The number of nitrogens with one attached hydrogen (secondary N) is 1. The minimum Gasteiger partial charge on any atom is -0.398 e. The maximum absolute atomic E-state index is 12.1. The van der Waals surface area contributed by atoms with E-state index in [-0.39, 0.29) is 5.91 Å². The first-order valence-corrected chi connectivity index (χ1v) is 6.70. The zero-order valence-corrected chi connectivity index (χ0v) is 12.4. The third-order valence-corrected chi connectivity index (χ3v) is 3.76. The number of anilines is 2. The Hall–Kier alpha value is -1.81. The highest BCUT2D eigenvalue weighted by molar-refractivity contribution is 9.10. The van der Waals surface area contributed by atoms with Crippen LogP contribution in [0.4, 0.5) is 11.4 Å². The summed E-state index contributed by atoms with van der Waals surface area (Å²) >= 11 is 3.43. The monoisotopic (exact) mass is 318 g/mol. The minimum atomic E-state index is -0.195. The minimum absolute atomic E-state index is 0.195. The molecule has 3 nitrogen and oxygen atoms in total. The van der Waals surface area contributed by atoms with Gasteiger partial charge in [-0.3, -0.25) is 4.79 Å². The SMILES string of the molecule is Cc1ccc(C(=O)Nc2ccc(Br)c(C)c2)c(N)c1. The fourth-order valence-corrected chi connectivity index (χ4v) is 2.06. The van der Waals surface area contributed by atoms with Gasteiger partial charge in [-0.2, -0.15) is 0 Å². The van der Waals surface area contributed by atoms with Gasteiger partial charge in [-0.15, -0.1) is 0 Å². The maximum Gasteiger partial charge on any atom is 0.257 e. The third kappa shape index (κ3) is 3.15. The third-order valence-electron chi connectivity index (χ3n) is 2.87. The maximum atomic E-state index is 12.1. The van der Waals surface area contributed by atoms with Crippen LogP contribution < -0.4 is 11.1 Å². The Kier molecular flexibility index (Phi) is 3.90. The molecule has 0 aliphatic rings. The van der Waals surface area contributed by atoms with Crippen LogP contribution in [-0.2, 0) is 0 Å². The summed E-state index contributed by atoms with van der Waals surface area (Å²) < 4.78 is 1.01. The Bertz CT molecular complexity index is 638. The van der Waals surface area contributed by atoms with Gasteiger partial charge in [0.05, 0.1) is 5.56 Å². The molecule has 0 unspecified atom stereocenters. The van der Waals surface area contributed by atoms with Crippen LogP contribution in [0.3, 0.4) is 0 Å². The summed E-state index contributed by atoms with van der Waals surface area (Å²) in [5.74, 6) is -0.195. The molecule has 19 heavy (non-hydrogen) atoms. The van der Waals surface area contributed by atoms with Crippen molar-refractivity contribution in [2.75, 3.05) is 11.1 Å². The van der Waals surface area contributed by atoms with Gasteiger partial charge < -0.3 is 11.1 Å². The van der Waals surface area contributed by atoms with Crippen LogP contribution in [0.5, 0.6) is 0 Å². The van der Waals surface area contributed by atoms with Crippen LogP contribution in [-0.4, -0.2) is 5.91 Å². The van der Waals surface area contributed by atoms with E-state index in [9.17, 15) is 4.79 Å². The summed E-state index contributed by atoms with van der Waals surface area (Å²) in [5.41, 5.74) is 9.70. The van der Waals surface area contributed by atoms with Crippen molar-refractivity contribution in [1.29, 1.82) is 0 Å². The molecule has 2 rings (SSSR count). The van der Waals surface area contributed by atoms with Gasteiger partial charge in [-0.05, 0) is 55.3 Å². The van der Waals surface area contributed by atoms with E-state index < -0.39 is 0 Å². The molecule has 0 aromatic heterocycles. The smallest absolute Gasteiger partial charge is 0.257 e. The van der Waals surface area contributed by atoms with Crippen molar-refractivity contribution in [2.45, 2.75) is 13.8 Å². The van der Waals surface area contributed by atoms with Crippen LogP contribution in [0.25, 0.3) is 0 Å². The highest BCUT2D eigenvalue weighted by Crippen LogP contribution is 2.21. The van der Waals surface area contributed by atoms with E-state index in [0.717, 1.165) is 21.3 Å². The lowest BCUT2D eigenvalue weighted by atomic mass is 10.1. The first-order valence-electron chi connectivity index (χ1n) is 5.91. The molecule has 0 aliphatic heterocycles. The number of nitrogen functional groups attached to an aromatic ring is 1. The normalized spacial score (nSPS) is 10.3. The largest absolute Gasteiger partial charge is 0.398 e. The summed E-state index contributed by atoms with van der Waals surface area (Å²) in [6.07, 6.45) is 0. The summed E-state index contributed by atoms with van der Waals surface area (Å²) in [5, 5.41) is 2.85. The molecule has 0 aliphatic carbocycles. The summed E-state index contributed by atoms with van der Waals surface area (Å²) in [6, 6.07) is 11.1. The van der Waals surface area contributed by atoms with E-state index in [2.05, 4.69) is 21.2 Å². The number of hydrogen-bond acceptors (Lipinski definition) is 2. The van der Waals surface area contributed by atoms with Crippen molar-refractivity contribution in [3.63, 3.8) is 0 Å². The second-order valence-electron chi connectivity index (χ2n) is 4.51. The van der Waals surface area contributed by atoms with Crippen LogP contribution in [0, 0.1) is 13.8 Å². The Balaban J connectivity index is 2.23. The van der Waals surface area contributed by atoms with Gasteiger partial charge in [0.2, 0.25) is 0 Å². The molecule has 0 saturated carbocycles. The number of nitrogens with two attached hydrogens (primary N) is 1. The second kappa shape index (κ2) is 5.45. The molecular weight excluding hydrogens is 304 g/mol. The fourth-order valence-electron chi connectivity index (χ4n) is 1.81. The first kappa shape index (κ1) is 13.6. The van der Waals surface area contributed by atoms with Gasteiger partial charge >= 0.3 is 0 Å². The van der Waals surface area contributed by atoms with E-state index in [1.807, 2.05) is 38.1 Å². The molecule has 4 heteroatoms. The predicted molar refractivity (Wildman–Crippen MR) is 82.4 cm³/mol. The van der Waals surface area contributed by atoms with Crippen molar-refractivity contribution in [3.05, 3.63) is 57.6 Å². The number of carbonyl (C=O) groups is 1. The number of hydrogen-bond donors (Lipinski definition) is 2. The lowest BCUT2D eigenvalue weighted by Gasteiger charge is -2.09. The molecule has 3 N–H and O–H groups in total. The molecule has 0 heterocycles. The molecule has 98 valence electrons. The lowest BCUT2D eigenvalue weighted by molar-refractivity contribution is 0.102. The molecule has 2 aromatic carbocycles. The summed E-state index contributed by atoms with van der Waals surface area (Å²) in [6.45, 7) is 3.91. The average Bonchev–Trinajstić information content (AvgIpc) is 2.33. The topological polar surface area (TPSA) is 55.1 Å². The van der Waals surface area contributed by atoms with E-state index >= 15 is 0 Å². The predicted octanol–water partition coefficient (Wildman–Crippen LogP) is 3.90. The van der Waals surface area contributed by atoms with E-state index in [4.69, 9.17) is 5.73 Å². The van der Waals surface area contributed by atoms with E-state index in [1.54, 1.807) is 12.1 Å². The van der Waals surface area contributed by atoms with E-state index in [0.29, 0.717) is 11.3 Å². The van der Waals surface area contributed by atoms with Gasteiger partial charge in [0.25, 0.3) is 5.91 Å². The molecule has 0 radical (unpaired) electrons. The molecule has 0 atom stereocenters. The quantitative estimate of drug-likeness (QED) is 0.825. The summed E-state index contributed by atoms with van der Waals surface area (Å²) in [4.78, 5) is 12.1. The molecule has 0 saturated heterocycles. The molecule has 0 fully saturated rings. The number of aryl methyl sites for hydroxylation is 2. The van der Waals surface area contributed by atoms with Gasteiger partial charge in [0, 0.05) is 15.8 Å². The van der Waals surface area contributed by atoms with Crippen molar-refractivity contribution in [2.24, 2.45) is 0 Å². The number of halogens is 1. The number of benzene rings is 2. The highest BCUT2D eigenvalue weighted by atomic mass is 79.9. The number of amides is 1. The molecule has 1 amide bonds. The fraction of sp³-hybridized carbons (Fsp3) is 0.133. The molecular formula is C15H15BrN2O. The van der Waals surface area contributed by atoms with Crippen LogP contribution in [0.15, 0.2) is 40.9 Å². The molecule has 0 bridgehead atoms. The van der Waals surface area contributed by atoms with Crippen LogP contribution in [0.1, 0.15) is 21.5 Å². The van der Waals surface area contributed by atoms with Gasteiger partial charge in [-0.1, -0.05) is 22.0 Å². The van der Waals surface area contributed by atoms with Crippen molar-refractivity contribution >= 4 is 33.2 Å². The molecule has 0 spiro atoms. The number of rotatable bonds is 2. The highest BCUT2D eigenvalue weighted by Gasteiger charge is 2.10. The second-order valence-corrected chi connectivity index (χ2v) is 5.36. The standard InChI is InChI=1S/C15H15BrN2O/c1-9-3-5-12(14(17)7-9)15(19)18-11-4-6-13(16)10(2)8-11/h3-8H,17H2,1-2H3,(H,18,19). The Morgan fingerprint density at radius 1 is 1.16 bits per heavy atom. The van der Waals surface area contributed by atoms with Gasteiger partial charge in [-0.25, -0.2) is 0 Å². The van der Waals surface area contributed by atoms with Gasteiger partial charge in [0.15, 0.2) is 0 Å². The van der Waals surface area contributed by atoms with Gasteiger partial charge in [0.1, 0.15) is 0 Å². The lowest BCUT2D eigenvalue weighted by Crippen LogP contribution is -2.14. The first-order chi connectivity index (χ1) is 8.97. The van der Waals surface area contributed by atoms with Crippen molar-refractivity contribution in [3.8, 4) is 0 Å². The molecule has 2 aromatic rings. The Morgan fingerprint density at radius 2 is 1.89 bits per heavy atom. The van der Waals surface area contributed by atoms with Crippen molar-refractivity contribution < 1.29 is 4.79 Å². The Morgan fingerprint density at radius 3 is 2.53 bits per heavy atom. The number of carbonyl (C=O) groups excluding carboxylic acids is 1. The average molecular weight is 319 g/mol. The summed E-state index contributed by atoms with van der Waals surface area (Å²) in [7, 11) is 0. The zero-order valence-electron chi connectivity index (χ0n) is 10.8. The van der Waals surface area contributed by atoms with Crippen molar-refractivity contribution in [1.82, 2.24) is 0 Å². The van der Waals surface area contributed by atoms with Crippen LogP contribution >= 0.6 is 15.9 Å². The van der Waals surface area contributed by atoms with Crippen LogP contribution in [0.2, 0.25) is 0 Å².